The summed E-state index contributed by atoms with van der Waals surface area (Å²) in [5.41, 5.74) is 10.9. The fourth-order valence-corrected chi connectivity index (χ4v) is 5.35. The lowest BCUT2D eigenvalue weighted by Gasteiger charge is -2.25. The van der Waals surface area contributed by atoms with E-state index in [0.29, 0.717) is 23.0 Å². The fraction of sp³-hybridized carbons (Fsp3) is 0.360. The zero-order valence-electron chi connectivity index (χ0n) is 17.4. The number of nitrogens with two attached hydrogens (primary N) is 1. The summed E-state index contributed by atoms with van der Waals surface area (Å²) in [6, 6.07) is 11.8. The van der Waals surface area contributed by atoms with Gasteiger partial charge in [0.1, 0.15) is 0 Å². The second kappa shape index (κ2) is 8.04. The van der Waals surface area contributed by atoms with Crippen molar-refractivity contribution in [3.8, 4) is 11.1 Å². The Hall–Kier alpha value is -2.79. The second-order valence-electron chi connectivity index (χ2n) is 8.67. The van der Waals surface area contributed by atoms with Crippen LogP contribution in [0.4, 0.5) is 5.69 Å². The summed E-state index contributed by atoms with van der Waals surface area (Å²) in [5, 5.41) is 5.18. The van der Waals surface area contributed by atoms with Gasteiger partial charge in [0.05, 0.1) is 11.1 Å². The predicted octanol–water partition coefficient (Wildman–Crippen LogP) is 5.78. The molecule has 2 heterocycles. The molecule has 1 fully saturated rings. The molecule has 0 saturated heterocycles. The topological polar surface area (TPSA) is 77.1 Å². The van der Waals surface area contributed by atoms with Gasteiger partial charge in [0.25, 0.3) is 5.91 Å². The van der Waals surface area contributed by atoms with Gasteiger partial charge in [-0.3, -0.25) is 14.2 Å². The van der Waals surface area contributed by atoms with E-state index in [2.05, 4.69) is 5.32 Å². The number of anilines is 1. The minimum absolute atomic E-state index is 0.120. The second-order valence-corrected chi connectivity index (χ2v) is 9.11. The predicted molar refractivity (Wildman–Crippen MR) is 125 cm³/mol. The number of fused-ring (bicyclic) bond motifs is 3. The van der Waals surface area contributed by atoms with Gasteiger partial charge in [-0.05, 0) is 61.6 Å². The van der Waals surface area contributed by atoms with E-state index in [9.17, 15) is 9.59 Å². The van der Waals surface area contributed by atoms with Crippen LogP contribution in [0.25, 0.3) is 22.0 Å². The summed E-state index contributed by atoms with van der Waals surface area (Å²) in [5.74, 6) is -0.319. The lowest BCUT2D eigenvalue weighted by atomic mass is 9.93. The summed E-state index contributed by atoms with van der Waals surface area (Å²) in [7, 11) is 0. The summed E-state index contributed by atoms with van der Waals surface area (Å²) < 4.78 is 1.85. The number of hydrogen-bond donors (Lipinski definition) is 2. The number of halogens is 1. The number of carbonyl (C=O) groups excluding carboxylic acids is 2. The van der Waals surface area contributed by atoms with Crippen LogP contribution in [0.1, 0.15) is 65.8 Å². The van der Waals surface area contributed by atoms with Gasteiger partial charge >= 0.3 is 0 Å². The first-order valence-electron chi connectivity index (χ1n) is 11.1. The molecule has 3 N–H and O–H groups in total. The van der Waals surface area contributed by atoms with Crippen molar-refractivity contribution in [2.45, 2.75) is 57.4 Å². The van der Waals surface area contributed by atoms with Gasteiger partial charge in [-0.2, -0.15) is 0 Å². The van der Waals surface area contributed by atoms with Crippen LogP contribution in [0.15, 0.2) is 36.4 Å². The third-order valence-corrected chi connectivity index (χ3v) is 6.85. The minimum Gasteiger partial charge on any atom is -0.382 e. The zero-order valence-corrected chi connectivity index (χ0v) is 18.2. The normalized spacial score (nSPS) is 17.0. The van der Waals surface area contributed by atoms with E-state index in [1.165, 1.54) is 19.3 Å². The molecule has 1 aromatic heterocycles. The molecule has 1 aliphatic carbocycles. The quantitative estimate of drug-likeness (QED) is 0.545. The first-order chi connectivity index (χ1) is 15.0. The van der Waals surface area contributed by atoms with Crippen molar-refractivity contribution in [2.24, 2.45) is 5.73 Å². The number of hydrogen-bond acceptors (Lipinski definition) is 3. The lowest BCUT2D eigenvalue weighted by Crippen LogP contribution is -2.24. The largest absolute Gasteiger partial charge is 0.382 e. The molecule has 1 aliphatic heterocycles. The van der Waals surface area contributed by atoms with Crippen LogP contribution >= 0.6 is 11.6 Å². The fourth-order valence-electron chi connectivity index (χ4n) is 5.18. The van der Waals surface area contributed by atoms with Gasteiger partial charge in [0, 0.05) is 39.8 Å². The highest BCUT2D eigenvalue weighted by Crippen LogP contribution is 2.40. The number of nitrogens with zero attached hydrogens (tertiary/aromatic N) is 1. The van der Waals surface area contributed by atoms with Crippen molar-refractivity contribution in [3.05, 3.63) is 52.7 Å². The van der Waals surface area contributed by atoms with E-state index in [4.69, 9.17) is 17.3 Å². The molecule has 1 amide bonds. The Morgan fingerprint density at radius 2 is 1.84 bits per heavy atom. The molecule has 0 radical (unpaired) electrons. The first kappa shape index (κ1) is 20.1. The molecule has 5 nitrogen and oxygen atoms in total. The van der Waals surface area contributed by atoms with Gasteiger partial charge in [-0.25, -0.2) is 0 Å². The van der Waals surface area contributed by atoms with Gasteiger partial charge in [-0.1, -0.05) is 36.9 Å². The molecular formula is C25H26ClN3O2. The Morgan fingerprint density at radius 3 is 2.61 bits per heavy atom. The van der Waals surface area contributed by atoms with Crippen LogP contribution in [-0.4, -0.2) is 22.4 Å². The maximum absolute atomic E-state index is 12.8. The third kappa shape index (κ3) is 3.61. The molecule has 0 unspecified atom stereocenters. The molecule has 160 valence electrons. The van der Waals surface area contributed by atoms with Crippen LogP contribution in [0, 0.1) is 0 Å². The van der Waals surface area contributed by atoms with Crippen molar-refractivity contribution in [2.75, 3.05) is 5.32 Å². The van der Waals surface area contributed by atoms with Crippen LogP contribution in [0.2, 0.25) is 5.02 Å². The molecule has 0 atom stereocenters. The van der Waals surface area contributed by atoms with Crippen LogP contribution in [-0.2, 0) is 6.42 Å². The standard InChI is InChI=1S/C25H26ClN3O2/c26-16-10-12-21-19(14-16)24(22-7-4-8-23(30)29(21)22)15-9-11-18(25(27)31)20(13-15)28-17-5-2-1-3-6-17/h9-14,17,28H,1-8H2,(H2,27,31). The summed E-state index contributed by atoms with van der Waals surface area (Å²) >= 11 is 6.34. The molecule has 3 aromatic rings. The highest BCUT2D eigenvalue weighted by atomic mass is 35.5. The summed E-state index contributed by atoms with van der Waals surface area (Å²) in [4.78, 5) is 24.9. The van der Waals surface area contributed by atoms with E-state index in [0.717, 1.165) is 59.1 Å². The smallest absolute Gasteiger partial charge is 0.250 e. The van der Waals surface area contributed by atoms with E-state index < -0.39 is 5.91 Å². The van der Waals surface area contributed by atoms with Crippen molar-refractivity contribution in [1.82, 2.24) is 4.57 Å². The lowest BCUT2D eigenvalue weighted by molar-refractivity contribution is 0.0889. The van der Waals surface area contributed by atoms with Crippen LogP contribution in [0.3, 0.4) is 0 Å². The van der Waals surface area contributed by atoms with E-state index in [1.54, 1.807) is 6.07 Å². The highest BCUT2D eigenvalue weighted by Gasteiger charge is 2.26. The summed E-state index contributed by atoms with van der Waals surface area (Å²) in [6.07, 6.45) is 8.06. The Bertz CT molecular complexity index is 1190. The summed E-state index contributed by atoms with van der Waals surface area (Å²) in [6.45, 7) is 0. The molecule has 1 saturated carbocycles. The molecule has 0 bridgehead atoms. The van der Waals surface area contributed by atoms with E-state index >= 15 is 0 Å². The Kier molecular flexibility index (Phi) is 5.22. The molecule has 5 rings (SSSR count). The Balaban J connectivity index is 1.68. The monoisotopic (exact) mass is 435 g/mol. The third-order valence-electron chi connectivity index (χ3n) is 6.62. The Morgan fingerprint density at radius 1 is 1.03 bits per heavy atom. The molecule has 2 aliphatic rings. The SMILES string of the molecule is NC(=O)c1ccc(-c2c3n(c4ccc(Cl)cc24)C(=O)CCC3)cc1NC1CCCCC1. The van der Waals surface area contributed by atoms with Crippen molar-refractivity contribution < 1.29 is 9.59 Å². The maximum Gasteiger partial charge on any atom is 0.250 e. The number of carbonyl (C=O) groups is 2. The molecule has 0 spiro atoms. The van der Waals surface area contributed by atoms with E-state index in [-0.39, 0.29) is 5.91 Å². The highest BCUT2D eigenvalue weighted by molar-refractivity contribution is 6.31. The number of rotatable bonds is 4. The number of amides is 1. The minimum atomic E-state index is -0.438. The van der Waals surface area contributed by atoms with Crippen LogP contribution in [0.5, 0.6) is 0 Å². The van der Waals surface area contributed by atoms with Crippen LogP contribution < -0.4 is 11.1 Å². The van der Waals surface area contributed by atoms with Crippen molar-refractivity contribution in [1.29, 1.82) is 0 Å². The zero-order chi connectivity index (χ0) is 21.5. The number of aromatic nitrogens is 1. The van der Waals surface area contributed by atoms with Crippen molar-refractivity contribution >= 4 is 40.0 Å². The van der Waals surface area contributed by atoms with Gasteiger partial charge < -0.3 is 11.1 Å². The van der Waals surface area contributed by atoms with Crippen molar-refractivity contribution in [3.63, 3.8) is 0 Å². The average Bonchev–Trinajstić information content (AvgIpc) is 3.08. The molecule has 31 heavy (non-hydrogen) atoms. The number of primary amides is 1. The van der Waals surface area contributed by atoms with Gasteiger partial charge in [0.2, 0.25) is 5.91 Å². The van der Waals surface area contributed by atoms with E-state index in [1.807, 2.05) is 34.9 Å². The Labute approximate surface area is 186 Å². The maximum atomic E-state index is 12.8. The van der Waals surface area contributed by atoms with Gasteiger partial charge in [0.15, 0.2) is 0 Å². The molecular weight excluding hydrogens is 410 g/mol. The molecule has 6 heteroatoms. The average molecular weight is 436 g/mol. The first-order valence-corrected chi connectivity index (χ1v) is 11.5. The molecule has 2 aromatic carbocycles. The number of nitrogens with one attached hydrogen (secondary N) is 1. The number of benzene rings is 2. The van der Waals surface area contributed by atoms with Gasteiger partial charge in [-0.15, -0.1) is 0 Å².